The Morgan fingerprint density at radius 2 is 1.64 bits per heavy atom. The van der Waals surface area contributed by atoms with Gasteiger partial charge < -0.3 is 20.4 Å². The molecule has 0 spiro atoms. The first kappa shape index (κ1) is 29.2. The summed E-state index contributed by atoms with van der Waals surface area (Å²) in [4.78, 5) is 30.7. The number of benzene rings is 2. The lowest BCUT2D eigenvalue weighted by Crippen LogP contribution is -2.54. The van der Waals surface area contributed by atoms with Crippen molar-refractivity contribution in [2.24, 2.45) is 0 Å². The minimum absolute atomic E-state index is 0.0628. The van der Waals surface area contributed by atoms with Gasteiger partial charge in [-0.25, -0.2) is 12.7 Å². The van der Waals surface area contributed by atoms with Gasteiger partial charge in [0.25, 0.3) is 5.91 Å². The van der Waals surface area contributed by atoms with Crippen molar-refractivity contribution in [2.75, 3.05) is 53.9 Å². The van der Waals surface area contributed by atoms with E-state index in [4.69, 9.17) is 0 Å². The van der Waals surface area contributed by atoms with Gasteiger partial charge in [0.15, 0.2) is 0 Å². The number of nitrogens with zero attached hydrogens (tertiary/aromatic N) is 3. The first-order chi connectivity index (χ1) is 18.6. The SMILES string of the molecule is Cc1ccc([C@@H]2C[C@H]2NCCC[C@H](NC(=O)c2ccc(S(=O)(=O)N(C)C)cc2)C(=O)N2CCN(C)CC2)cc1. The third-order valence-corrected chi connectivity index (χ3v) is 9.51. The summed E-state index contributed by atoms with van der Waals surface area (Å²) in [5.74, 6) is 0.0884. The van der Waals surface area contributed by atoms with Gasteiger partial charge >= 0.3 is 0 Å². The van der Waals surface area contributed by atoms with Crippen molar-refractivity contribution < 1.29 is 18.0 Å². The molecule has 2 N–H and O–H groups in total. The highest BCUT2D eigenvalue weighted by Gasteiger charge is 2.37. The van der Waals surface area contributed by atoms with E-state index in [0.717, 1.165) is 36.8 Å². The number of carbonyl (C=O) groups excluding carboxylic acids is 2. The third-order valence-electron chi connectivity index (χ3n) is 7.69. The number of sulfonamides is 1. The number of nitrogens with one attached hydrogen (secondary N) is 2. The molecular formula is C29H41N5O4S. The Morgan fingerprint density at radius 1 is 1.00 bits per heavy atom. The monoisotopic (exact) mass is 555 g/mol. The molecule has 2 aromatic rings. The van der Waals surface area contributed by atoms with Crippen LogP contribution in [0, 0.1) is 6.92 Å². The second-order valence-electron chi connectivity index (χ2n) is 10.9. The molecule has 212 valence electrons. The van der Waals surface area contributed by atoms with E-state index >= 15 is 0 Å². The summed E-state index contributed by atoms with van der Waals surface area (Å²) < 4.78 is 25.8. The largest absolute Gasteiger partial charge is 0.340 e. The normalized spacial score (nSPS) is 20.6. The molecule has 3 atom stereocenters. The second kappa shape index (κ2) is 12.6. The van der Waals surface area contributed by atoms with Crippen molar-refractivity contribution in [1.82, 2.24) is 24.7 Å². The van der Waals surface area contributed by atoms with Crippen molar-refractivity contribution in [3.8, 4) is 0 Å². The molecule has 2 aliphatic rings. The number of rotatable bonds is 11. The van der Waals surface area contributed by atoms with E-state index in [2.05, 4.69) is 46.7 Å². The molecular weight excluding hydrogens is 514 g/mol. The summed E-state index contributed by atoms with van der Waals surface area (Å²) in [6.45, 7) is 5.74. The van der Waals surface area contributed by atoms with Gasteiger partial charge in [0.05, 0.1) is 4.90 Å². The molecule has 39 heavy (non-hydrogen) atoms. The van der Waals surface area contributed by atoms with Crippen LogP contribution in [0.2, 0.25) is 0 Å². The van der Waals surface area contributed by atoms with Gasteiger partial charge in [0.2, 0.25) is 15.9 Å². The van der Waals surface area contributed by atoms with Gasteiger partial charge in [-0.05, 0) is 69.6 Å². The zero-order valence-electron chi connectivity index (χ0n) is 23.4. The lowest BCUT2D eigenvalue weighted by Gasteiger charge is -2.34. The standard InChI is InChI=1S/C29H41N5O4S/c1-21-7-9-22(10-8-21)25-20-27(25)30-15-5-6-26(29(36)34-18-16-33(4)17-19-34)31-28(35)23-11-13-24(14-12-23)39(37,38)32(2)3/h7-14,25-27,30H,5-6,15-20H2,1-4H3,(H,31,35)/t25-,26-,27+/m0/s1. The maximum absolute atomic E-state index is 13.4. The molecule has 0 radical (unpaired) electrons. The van der Waals surface area contributed by atoms with Crippen molar-refractivity contribution in [3.63, 3.8) is 0 Å². The average Bonchev–Trinajstić information content (AvgIpc) is 3.70. The summed E-state index contributed by atoms with van der Waals surface area (Å²) >= 11 is 0. The first-order valence-corrected chi connectivity index (χ1v) is 15.1. The van der Waals surface area contributed by atoms with Gasteiger partial charge in [-0.3, -0.25) is 9.59 Å². The topological polar surface area (TPSA) is 102 Å². The Hall–Kier alpha value is -2.79. The number of aryl methyl sites for hydroxylation is 1. The molecule has 1 aliphatic heterocycles. The maximum atomic E-state index is 13.4. The zero-order valence-corrected chi connectivity index (χ0v) is 24.2. The van der Waals surface area contributed by atoms with E-state index in [9.17, 15) is 18.0 Å². The maximum Gasteiger partial charge on any atom is 0.251 e. The quantitative estimate of drug-likeness (QED) is 0.412. The molecule has 10 heteroatoms. The van der Waals surface area contributed by atoms with Gasteiger partial charge in [0.1, 0.15) is 6.04 Å². The highest BCUT2D eigenvalue weighted by Crippen LogP contribution is 2.40. The van der Waals surface area contributed by atoms with Crippen LogP contribution in [0.15, 0.2) is 53.4 Å². The Kier molecular flexibility index (Phi) is 9.43. The lowest BCUT2D eigenvalue weighted by atomic mass is 10.1. The number of hydrogen-bond acceptors (Lipinski definition) is 6. The van der Waals surface area contributed by atoms with Crippen LogP contribution >= 0.6 is 0 Å². The van der Waals surface area contributed by atoms with Crippen molar-refractivity contribution in [1.29, 1.82) is 0 Å². The Morgan fingerprint density at radius 3 is 2.26 bits per heavy atom. The van der Waals surface area contributed by atoms with Gasteiger partial charge in [-0.2, -0.15) is 0 Å². The Bertz CT molecular complexity index is 1240. The average molecular weight is 556 g/mol. The molecule has 2 fully saturated rings. The molecule has 9 nitrogen and oxygen atoms in total. The number of carbonyl (C=O) groups is 2. The van der Waals surface area contributed by atoms with Crippen molar-refractivity contribution >= 4 is 21.8 Å². The lowest BCUT2D eigenvalue weighted by molar-refractivity contribution is -0.135. The molecule has 0 unspecified atom stereocenters. The van der Waals surface area contributed by atoms with Gasteiger partial charge in [0, 0.05) is 57.8 Å². The van der Waals surface area contributed by atoms with Crippen molar-refractivity contribution in [3.05, 3.63) is 65.2 Å². The smallest absolute Gasteiger partial charge is 0.251 e. The minimum Gasteiger partial charge on any atom is -0.340 e. The second-order valence-corrected chi connectivity index (χ2v) is 13.1. The molecule has 0 aromatic heterocycles. The first-order valence-electron chi connectivity index (χ1n) is 13.7. The highest BCUT2D eigenvalue weighted by atomic mass is 32.2. The minimum atomic E-state index is -3.59. The van der Waals surface area contributed by atoms with Crippen LogP contribution in [0.1, 0.15) is 46.7 Å². The van der Waals surface area contributed by atoms with Crippen LogP contribution in [-0.4, -0.2) is 100 Å². The van der Waals surface area contributed by atoms with Crippen LogP contribution in [0.25, 0.3) is 0 Å². The molecule has 1 saturated heterocycles. The number of hydrogen-bond donors (Lipinski definition) is 2. The molecule has 0 bridgehead atoms. The van der Waals surface area contributed by atoms with Gasteiger partial charge in [-0.15, -0.1) is 0 Å². The number of piperazine rings is 1. The zero-order chi connectivity index (χ0) is 28.2. The van der Waals surface area contributed by atoms with E-state index in [-0.39, 0.29) is 16.7 Å². The summed E-state index contributed by atoms with van der Waals surface area (Å²) in [6.07, 6.45) is 2.39. The predicted octanol–water partition coefficient (Wildman–Crippen LogP) is 2.04. The molecule has 1 heterocycles. The van der Waals surface area contributed by atoms with E-state index < -0.39 is 16.1 Å². The number of likely N-dealkylation sites (N-methyl/N-ethyl adjacent to an activating group) is 1. The van der Waals surface area contributed by atoms with Crippen LogP contribution in [-0.2, 0) is 14.8 Å². The molecule has 1 saturated carbocycles. The summed E-state index contributed by atoms with van der Waals surface area (Å²) in [5.41, 5.74) is 2.94. The predicted molar refractivity (Wildman–Crippen MR) is 152 cm³/mol. The summed E-state index contributed by atoms with van der Waals surface area (Å²) in [5, 5.41) is 6.54. The van der Waals surface area contributed by atoms with Crippen LogP contribution < -0.4 is 10.6 Å². The van der Waals surface area contributed by atoms with Crippen LogP contribution in [0.4, 0.5) is 0 Å². The molecule has 2 aromatic carbocycles. The fraction of sp³-hybridized carbons (Fsp3) is 0.517. The third kappa shape index (κ3) is 7.45. The van der Waals surface area contributed by atoms with E-state index in [1.165, 1.54) is 49.5 Å². The summed E-state index contributed by atoms with van der Waals surface area (Å²) in [7, 11) is 1.38. The fourth-order valence-electron chi connectivity index (χ4n) is 4.93. The van der Waals surface area contributed by atoms with Crippen molar-refractivity contribution in [2.45, 2.75) is 49.1 Å². The van der Waals surface area contributed by atoms with E-state index in [0.29, 0.717) is 37.0 Å². The summed E-state index contributed by atoms with van der Waals surface area (Å²) in [6, 6.07) is 14.3. The van der Waals surface area contributed by atoms with Crippen LogP contribution in [0.5, 0.6) is 0 Å². The fourth-order valence-corrected chi connectivity index (χ4v) is 5.83. The Balaban J connectivity index is 1.35. The molecule has 2 amide bonds. The molecule has 4 rings (SSSR count). The molecule has 1 aliphatic carbocycles. The van der Waals surface area contributed by atoms with Gasteiger partial charge in [-0.1, -0.05) is 29.8 Å². The van der Waals surface area contributed by atoms with E-state index in [1.54, 1.807) is 0 Å². The van der Waals surface area contributed by atoms with Crippen LogP contribution in [0.3, 0.4) is 0 Å². The highest BCUT2D eigenvalue weighted by molar-refractivity contribution is 7.89. The van der Waals surface area contributed by atoms with E-state index in [1.807, 2.05) is 11.9 Å². The Labute approximate surface area is 232 Å². The number of amides is 2.